The van der Waals surface area contributed by atoms with Crippen molar-refractivity contribution in [1.29, 1.82) is 0 Å². The molecule has 3 aromatic carbocycles. The molecule has 3 saturated heterocycles. The van der Waals surface area contributed by atoms with Gasteiger partial charge >= 0.3 is 0 Å². The molecule has 8 rings (SSSR count). The predicted octanol–water partition coefficient (Wildman–Crippen LogP) is -1.06. The molecule has 30 heteroatoms. The second-order valence-corrected chi connectivity index (χ2v) is 24.0. The summed E-state index contributed by atoms with van der Waals surface area (Å²) in [7, 11) is 0. The second kappa shape index (κ2) is 28.9. The lowest BCUT2D eigenvalue weighted by molar-refractivity contribution is -0.435. The third kappa shape index (κ3) is 15.2. The van der Waals surface area contributed by atoms with Gasteiger partial charge in [-0.15, -0.1) is 10.2 Å². The number of benzene rings is 3. The molecule has 4 heterocycles. The minimum absolute atomic E-state index is 0.00956. The summed E-state index contributed by atoms with van der Waals surface area (Å²) in [5.74, 6) is -9.07. The number of aromatic nitrogens is 2. The van der Waals surface area contributed by atoms with E-state index < -0.39 is 181 Å². The fraction of sp³-hybridized carbons (Fsp3) is 0.500. The maximum Gasteiger partial charge on any atom is 0.251 e. The van der Waals surface area contributed by atoms with Crippen molar-refractivity contribution in [3.8, 4) is 26.9 Å². The molecule has 4 aromatic rings. The number of carbonyl (C=O) groups excluding carboxylic acids is 7. The van der Waals surface area contributed by atoms with Gasteiger partial charge in [0.15, 0.2) is 6.10 Å². The van der Waals surface area contributed by atoms with Crippen LogP contribution in [0.3, 0.4) is 0 Å². The number of rotatable bonds is 14. The molecule has 86 heavy (non-hydrogen) atoms. The molecule has 3 aliphatic heterocycles. The van der Waals surface area contributed by atoms with Crippen LogP contribution in [0.5, 0.6) is 5.75 Å². The lowest BCUT2D eigenvalue weighted by Crippen LogP contribution is -2.64. The number of fused-ring (bicyclic) bond motifs is 2. The third-order valence-corrected chi connectivity index (χ3v) is 17.7. The lowest BCUT2D eigenvalue weighted by atomic mass is 9.84. The van der Waals surface area contributed by atoms with Gasteiger partial charge in [-0.2, -0.15) is 0 Å². The molecule has 4 fully saturated rings. The molecule has 1 aromatic heterocycles. The smallest absolute Gasteiger partial charge is 0.251 e. The molecule has 0 spiro atoms. The van der Waals surface area contributed by atoms with E-state index in [0.29, 0.717) is 21.5 Å². The van der Waals surface area contributed by atoms with Crippen molar-refractivity contribution < 1.29 is 88.1 Å². The number of phenolic OH excluding ortho intramolecular Hbond substituents is 1. The van der Waals surface area contributed by atoms with Gasteiger partial charge in [0.2, 0.25) is 53.1 Å². The summed E-state index contributed by atoms with van der Waals surface area (Å²) in [5.41, 5.74) is 2.81. The summed E-state index contributed by atoms with van der Waals surface area (Å²) in [5, 5.41) is 112. The van der Waals surface area contributed by atoms with Gasteiger partial charge in [0, 0.05) is 61.5 Å². The highest BCUT2D eigenvalue weighted by Crippen LogP contribution is 2.36. The summed E-state index contributed by atoms with van der Waals surface area (Å²) < 4.78 is 16.7. The van der Waals surface area contributed by atoms with Gasteiger partial charge in [-0.05, 0) is 61.1 Å². The van der Waals surface area contributed by atoms with Crippen LogP contribution in [-0.4, -0.2) is 206 Å². The first-order chi connectivity index (χ1) is 41.1. The Morgan fingerprint density at radius 3 is 2.06 bits per heavy atom. The van der Waals surface area contributed by atoms with Crippen LogP contribution in [0.25, 0.3) is 26.0 Å². The second-order valence-electron chi connectivity index (χ2n) is 22.0. The van der Waals surface area contributed by atoms with Crippen LogP contribution >= 0.6 is 11.3 Å². The number of aliphatic hydroxyl groups excluding tert-OH is 6. The molecule has 28 nitrogen and oxygen atoms in total. The van der Waals surface area contributed by atoms with E-state index in [4.69, 9.17) is 11.8 Å². The van der Waals surface area contributed by atoms with Crippen molar-refractivity contribution >= 4 is 63.8 Å². The van der Waals surface area contributed by atoms with Gasteiger partial charge in [-0.3, -0.25) is 33.6 Å². The van der Waals surface area contributed by atoms with E-state index >= 15 is 0 Å². The number of nitrogens with zero attached hydrogens (tertiary/aromatic N) is 5. The van der Waals surface area contributed by atoms with Crippen molar-refractivity contribution in [2.75, 3.05) is 26.2 Å². The number of β-amino-alcohol motifs (C(OH)–C–C–N with tert-alkyl or cyclic N) is 1. The summed E-state index contributed by atoms with van der Waals surface area (Å²) >= 11 is -1.33. The number of amides is 7. The molecule has 8 unspecified atom stereocenters. The Morgan fingerprint density at radius 1 is 0.791 bits per heavy atom. The number of phenols is 1. The van der Waals surface area contributed by atoms with Crippen LogP contribution in [0, 0.1) is 12.5 Å². The first-order valence-corrected chi connectivity index (χ1v) is 29.7. The molecule has 14 atom stereocenters. The van der Waals surface area contributed by atoms with Crippen molar-refractivity contribution in [2.24, 2.45) is 5.92 Å². The average molecular weight is 1230 g/mol. The van der Waals surface area contributed by atoms with Crippen molar-refractivity contribution in [1.82, 2.24) is 46.6 Å². The van der Waals surface area contributed by atoms with Crippen LogP contribution in [0.1, 0.15) is 86.2 Å². The first kappa shape index (κ1) is 64.6. The Balaban J connectivity index is 1.09. The third-order valence-electron chi connectivity index (χ3n) is 15.8. The predicted molar refractivity (Wildman–Crippen MR) is 302 cm³/mol. The van der Waals surface area contributed by atoms with E-state index in [1.54, 1.807) is 12.1 Å². The van der Waals surface area contributed by atoms with E-state index in [9.17, 15) is 73.5 Å². The van der Waals surface area contributed by atoms with Gasteiger partial charge in [0.25, 0.3) is 5.91 Å². The standard InChI is InChI=1S/C56H68N10O18S2/c1-27-25-66-46(47(27)73)52(78)58-23-35(68)21-37(59-48(74)32-12-16-34(17-13-32)54-64-63-53(85-54)33-14-10-31(11-15-33)30-7-5-4-6-8-30)49(75)60-43(28(2)67)55(79)65-26-36(69)22-38(65)50(76)61-44(51(77)62-45(56(66)80)41(72)24-57-3)40(71)19-29-9-18-39(70)42(20-29)86(82)84-83-81/h9-18,20,27-28,30,35-38,40-41,43-47,67-73,81H,4-8,19,21-26H2,1-2H3,(H,58,78)(H,59,74)(H,60,75)(H,61,76)(H,62,77)/t27?,28?,35-,36?,37-,38?,40+,41+,43?,44?,45-,46?,47-,86?/m0/s1. The largest absolute Gasteiger partial charge is 0.507 e. The van der Waals surface area contributed by atoms with Gasteiger partial charge in [-0.25, -0.2) is 16.0 Å². The van der Waals surface area contributed by atoms with Crippen LogP contribution in [0.2, 0.25) is 0 Å². The fourth-order valence-corrected chi connectivity index (χ4v) is 12.6. The van der Waals surface area contributed by atoms with Gasteiger partial charge in [-0.1, -0.05) is 89.4 Å². The summed E-state index contributed by atoms with van der Waals surface area (Å²) in [6.07, 6.45) is -6.51. The van der Waals surface area contributed by atoms with Gasteiger partial charge in [0.1, 0.15) is 56.9 Å². The molecule has 1 saturated carbocycles. The van der Waals surface area contributed by atoms with Crippen molar-refractivity contribution in [3.63, 3.8) is 0 Å². The molecule has 0 bridgehead atoms. The number of carbonyl (C=O) groups is 7. The number of hydrogen-bond acceptors (Lipinski definition) is 21. The minimum Gasteiger partial charge on any atom is -0.507 e. The fourth-order valence-electron chi connectivity index (χ4n) is 11.2. The molecular formula is C56H68N10O18S2. The molecule has 1 aliphatic carbocycles. The van der Waals surface area contributed by atoms with E-state index in [2.05, 4.69) is 63.1 Å². The van der Waals surface area contributed by atoms with Gasteiger partial charge in [0.05, 0.1) is 30.5 Å². The maximum absolute atomic E-state index is 14.6. The summed E-state index contributed by atoms with van der Waals surface area (Å²) in [6, 6.07) is 6.11. The van der Waals surface area contributed by atoms with Gasteiger partial charge < -0.3 is 77.0 Å². The number of aromatic hydroxyl groups is 1. The first-order valence-electron chi connectivity index (χ1n) is 27.9. The summed E-state index contributed by atoms with van der Waals surface area (Å²) in [6.45, 7) is 7.55. The van der Waals surface area contributed by atoms with Crippen LogP contribution < -0.4 is 26.6 Å². The Labute approximate surface area is 499 Å². The monoisotopic (exact) mass is 1230 g/mol. The molecule has 462 valence electrons. The molecule has 4 aliphatic rings. The normalized spacial score (nSPS) is 27.2. The SMILES string of the molecule is [C-]#[N+]C[C@@H](O)[C@@H]1NC(=O)C([C@H](O)Cc2ccc(O)c(S(=O)OOO)c2)NC(=O)C2CC(O)CN2C(=O)C(C(C)O)NC(=O)[C@@H](NC(=O)c2ccc(-c3nnc(-c4ccc(C5CCCCC5)cc4)s3)cc2)C[C@H](O)CNC(=O)C2[C@@H](O)C(C)CN2C1=O. The zero-order valence-corrected chi connectivity index (χ0v) is 48.3. The topological polar surface area (TPSA) is 414 Å². The quantitative estimate of drug-likeness (QED) is 0.0406. The van der Waals surface area contributed by atoms with Crippen molar-refractivity contribution in [2.45, 2.75) is 149 Å². The number of aliphatic hydroxyl groups is 6. The zero-order chi connectivity index (χ0) is 62.1. The van der Waals surface area contributed by atoms with E-state index in [1.165, 1.54) is 61.3 Å². The van der Waals surface area contributed by atoms with E-state index in [1.807, 2.05) is 12.1 Å². The highest BCUT2D eigenvalue weighted by atomic mass is 32.2. The van der Waals surface area contributed by atoms with E-state index in [-0.39, 0.29) is 17.7 Å². The van der Waals surface area contributed by atoms with Crippen LogP contribution in [0.15, 0.2) is 71.6 Å². The number of nitrogens with one attached hydrogen (secondary N) is 5. The highest BCUT2D eigenvalue weighted by Gasteiger charge is 2.50. The summed E-state index contributed by atoms with van der Waals surface area (Å²) in [4.78, 5) is 105. The zero-order valence-electron chi connectivity index (χ0n) is 46.6. The Morgan fingerprint density at radius 2 is 1.42 bits per heavy atom. The molecule has 0 radical (unpaired) electrons. The number of hydrogen-bond donors (Lipinski definition) is 13. The molecule has 7 amide bonds. The van der Waals surface area contributed by atoms with Crippen molar-refractivity contribution in [3.05, 3.63) is 94.8 Å². The minimum atomic E-state index is -2.66. The maximum atomic E-state index is 14.6. The molecular weight excluding hydrogens is 1160 g/mol. The highest BCUT2D eigenvalue weighted by molar-refractivity contribution is 7.80. The van der Waals surface area contributed by atoms with Crippen LogP contribution in [0.4, 0.5) is 0 Å². The Bertz CT molecular complexity index is 3180. The Hall–Kier alpha value is -7.41. The average Bonchev–Trinajstić information content (AvgIpc) is 2.58. The Kier molecular flexibility index (Phi) is 21.7. The lowest BCUT2D eigenvalue weighted by Gasteiger charge is -2.33. The van der Waals surface area contributed by atoms with E-state index in [0.717, 1.165) is 47.3 Å². The van der Waals surface area contributed by atoms with Crippen LogP contribution in [-0.2, 0) is 55.6 Å². The molecule has 13 N–H and O–H groups in total.